The number of rotatable bonds is 7. The molecule has 0 aromatic heterocycles. The highest BCUT2D eigenvalue weighted by Crippen LogP contribution is 1.93. The van der Waals surface area contributed by atoms with Crippen molar-refractivity contribution >= 4 is 15.7 Å². The predicted molar refractivity (Wildman–Crippen MR) is 59.8 cm³/mol. The standard InChI is InChI=1S/C8H19N3O3S/c1-3-7(8(9)11-12)10-5-4-6-15(2,13)14/h7,10,12H,3-6H2,1-2H3,(H2,9,11). The van der Waals surface area contributed by atoms with Gasteiger partial charge in [0, 0.05) is 6.26 Å². The van der Waals surface area contributed by atoms with E-state index in [1.807, 2.05) is 6.92 Å². The van der Waals surface area contributed by atoms with Crippen molar-refractivity contribution in [3.05, 3.63) is 0 Å². The second-order valence-electron chi connectivity index (χ2n) is 3.42. The summed E-state index contributed by atoms with van der Waals surface area (Å²) in [5.41, 5.74) is 5.41. The Balaban J connectivity index is 3.84. The lowest BCUT2D eigenvalue weighted by atomic mass is 10.2. The van der Waals surface area contributed by atoms with Gasteiger partial charge in [-0.25, -0.2) is 8.42 Å². The number of amidine groups is 1. The maximum atomic E-state index is 10.8. The van der Waals surface area contributed by atoms with E-state index in [0.717, 1.165) is 0 Å². The van der Waals surface area contributed by atoms with Gasteiger partial charge in [0.25, 0.3) is 0 Å². The molecule has 0 amide bonds. The van der Waals surface area contributed by atoms with Crippen molar-refractivity contribution in [3.63, 3.8) is 0 Å². The molecule has 0 saturated heterocycles. The molecule has 0 bridgehead atoms. The van der Waals surface area contributed by atoms with Crippen molar-refractivity contribution in [1.29, 1.82) is 0 Å². The summed E-state index contributed by atoms with van der Waals surface area (Å²) in [6, 6.07) is -0.199. The minimum atomic E-state index is -2.91. The first kappa shape index (κ1) is 14.2. The normalized spacial score (nSPS) is 15.2. The highest BCUT2D eigenvalue weighted by Gasteiger charge is 2.10. The van der Waals surface area contributed by atoms with Crippen LogP contribution in [0.1, 0.15) is 19.8 Å². The maximum Gasteiger partial charge on any atom is 0.156 e. The Hall–Kier alpha value is -0.820. The van der Waals surface area contributed by atoms with Crippen molar-refractivity contribution in [2.24, 2.45) is 10.9 Å². The number of oxime groups is 1. The first-order valence-electron chi connectivity index (χ1n) is 4.79. The van der Waals surface area contributed by atoms with E-state index in [-0.39, 0.29) is 17.6 Å². The molecule has 1 atom stereocenters. The largest absolute Gasteiger partial charge is 0.409 e. The van der Waals surface area contributed by atoms with Crippen LogP contribution in [0.25, 0.3) is 0 Å². The third-order valence-electron chi connectivity index (χ3n) is 1.96. The number of nitrogens with one attached hydrogen (secondary N) is 1. The van der Waals surface area contributed by atoms with Crippen LogP contribution >= 0.6 is 0 Å². The van der Waals surface area contributed by atoms with Gasteiger partial charge in [-0.15, -0.1) is 0 Å². The molecule has 0 spiro atoms. The summed E-state index contributed by atoms with van der Waals surface area (Å²) in [4.78, 5) is 0. The fraction of sp³-hybridized carbons (Fsp3) is 0.875. The summed E-state index contributed by atoms with van der Waals surface area (Å²) >= 11 is 0. The van der Waals surface area contributed by atoms with Gasteiger partial charge in [0.05, 0.1) is 11.8 Å². The second-order valence-corrected chi connectivity index (χ2v) is 5.68. The quantitative estimate of drug-likeness (QED) is 0.183. The zero-order valence-electron chi connectivity index (χ0n) is 9.10. The molecule has 0 aliphatic heterocycles. The van der Waals surface area contributed by atoms with E-state index < -0.39 is 9.84 Å². The molecule has 0 rings (SSSR count). The first-order valence-corrected chi connectivity index (χ1v) is 6.85. The Morgan fingerprint density at radius 1 is 1.60 bits per heavy atom. The number of nitrogens with two attached hydrogens (primary N) is 1. The van der Waals surface area contributed by atoms with Crippen LogP contribution in [0, 0.1) is 0 Å². The topological polar surface area (TPSA) is 105 Å². The summed E-state index contributed by atoms with van der Waals surface area (Å²) in [7, 11) is -2.91. The molecule has 4 N–H and O–H groups in total. The molecule has 0 aliphatic rings. The molecule has 0 aliphatic carbocycles. The highest BCUT2D eigenvalue weighted by molar-refractivity contribution is 7.90. The Labute approximate surface area is 90.5 Å². The lowest BCUT2D eigenvalue weighted by molar-refractivity contribution is 0.314. The zero-order chi connectivity index (χ0) is 11.9. The van der Waals surface area contributed by atoms with Gasteiger partial charge in [-0.1, -0.05) is 12.1 Å². The van der Waals surface area contributed by atoms with Crippen LogP contribution in [0.2, 0.25) is 0 Å². The van der Waals surface area contributed by atoms with Crippen molar-refractivity contribution in [2.75, 3.05) is 18.6 Å². The third kappa shape index (κ3) is 7.15. The van der Waals surface area contributed by atoms with Gasteiger partial charge < -0.3 is 16.3 Å². The molecule has 0 fully saturated rings. The van der Waals surface area contributed by atoms with Crippen molar-refractivity contribution in [3.8, 4) is 0 Å². The van der Waals surface area contributed by atoms with E-state index in [2.05, 4.69) is 10.5 Å². The van der Waals surface area contributed by atoms with Gasteiger partial charge in [0.2, 0.25) is 0 Å². The van der Waals surface area contributed by atoms with Gasteiger partial charge >= 0.3 is 0 Å². The van der Waals surface area contributed by atoms with E-state index in [9.17, 15) is 8.42 Å². The van der Waals surface area contributed by atoms with Gasteiger partial charge in [0.15, 0.2) is 5.84 Å². The van der Waals surface area contributed by atoms with Crippen molar-refractivity contribution in [1.82, 2.24) is 5.32 Å². The molecule has 0 saturated carbocycles. The van der Waals surface area contributed by atoms with Crippen molar-refractivity contribution in [2.45, 2.75) is 25.8 Å². The molecule has 6 nitrogen and oxygen atoms in total. The summed E-state index contributed by atoms with van der Waals surface area (Å²) in [5, 5.41) is 14.4. The lowest BCUT2D eigenvalue weighted by Crippen LogP contribution is -2.41. The molecule has 1 unspecified atom stereocenters. The SMILES string of the molecule is CCC(NCCCS(C)(=O)=O)C(N)=NO. The average Bonchev–Trinajstić information content (AvgIpc) is 2.15. The molecule has 15 heavy (non-hydrogen) atoms. The summed E-state index contributed by atoms with van der Waals surface area (Å²) in [6.07, 6.45) is 2.41. The Bertz CT molecular complexity index is 300. The predicted octanol–water partition coefficient (Wildman–Crippen LogP) is -0.464. The van der Waals surface area contributed by atoms with Crippen LogP contribution in [-0.2, 0) is 9.84 Å². The molecular weight excluding hydrogens is 218 g/mol. The van der Waals surface area contributed by atoms with Crippen LogP contribution in [0.15, 0.2) is 5.16 Å². The lowest BCUT2D eigenvalue weighted by Gasteiger charge is -2.14. The minimum Gasteiger partial charge on any atom is -0.409 e. The second kappa shape index (κ2) is 6.62. The van der Waals surface area contributed by atoms with Gasteiger partial charge in [-0.05, 0) is 19.4 Å². The number of hydrogen-bond donors (Lipinski definition) is 3. The third-order valence-corrected chi connectivity index (χ3v) is 2.99. The van der Waals surface area contributed by atoms with Crippen LogP contribution in [0.3, 0.4) is 0 Å². The fourth-order valence-corrected chi connectivity index (χ4v) is 1.81. The summed E-state index contributed by atoms with van der Waals surface area (Å²) in [6.45, 7) is 2.42. The maximum absolute atomic E-state index is 10.8. The average molecular weight is 237 g/mol. The van der Waals surface area contributed by atoms with E-state index in [4.69, 9.17) is 10.9 Å². The van der Waals surface area contributed by atoms with E-state index in [1.165, 1.54) is 6.26 Å². The van der Waals surface area contributed by atoms with Gasteiger partial charge in [0.1, 0.15) is 9.84 Å². The van der Waals surface area contributed by atoms with E-state index in [0.29, 0.717) is 19.4 Å². The smallest absolute Gasteiger partial charge is 0.156 e. The number of sulfone groups is 1. The molecule has 0 heterocycles. The van der Waals surface area contributed by atoms with Gasteiger partial charge in [-0.2, -0.15) is 0 Å². The highest BCUT2D eigenvalue weighted by atomic mass is 32.2. The molecule has 7 heteroatoms. The van der Waals surface area contributed by atoms with Crippen LogP contribution in [0.5, 0.6) is 0 Å². The number of nitrogens with zero attached hydrogens (tertiary/aromatic N) is 1. The molecule has 0 aromatic carbocycles. The van der Waals surface area contributed by atoms with E-state index >= 15 is 0 Å². The summed E-state index contributed by atoms with van der Waals surface area (Å²) < 4.78 is 21.6. The van der Waals surface area contributed by atoms with Crippen LogP contribution in [-0.4, -0.2) is 44.1 Å². The Morgan fingerprint density at radius 3 is 2.60 bits per heavy atom. The number of hydrogen-bond acceptors (Lipinski definition) is 5. The molecular formula is C8H19N3O3S. The summed E-state index contributed by atoms with van der Waals surface area (Å²) in [5.74, 6) is 0.268. The Morgan fingerprint density at radius 2 is 2.20 bits per heavy atom. The Kier molecular flexibility index (Phi) is 6.26. The molecule has 0 aromatic rings. The van der Waals surface area contributed by atoms with Crippen LogP contribution in [0.4, 0.5) is 0 Å². The van der Waals surface area contributed by atoms with E-state index in [1.54, 1.807) is 0 Å². The minimum absolute atomic E-state index is 0.122. The monoisotopic (exact) mass is 237 g/mol. The molecule has 0 radical (unpaired) electrons. The van der Waals surface area contributed by atoms with Crippen LogP contribution < -0.4 is 11.1 Å². The fourth-order valence-electron chi connectivity index (χ4n) is 1.14. The van der Waals surface area contributed by atoms with Crippen molar-refractivity contribution < 1.29 is 13.6 Å². The first-order chi connectivity index (χ1) is 6.90. The zero-order valence-corrected chi connectivity index (χ0v) is 9.92. The van der Waals surface area contributed by atoms with Gasteiger partial charge in [-0.3, -0.25) is 0 Å². The molecule has 90 valence electrons.